The number of aliphatic hydroxyl groups excluding tert-OH is 1. The molecule has 1 amide bonds. The fourth-order valence-corrected chi connectivity index (χ4v) is 2.40. The van der Waals surface area contributed by atoms with E-state index in [0.29, 0.717) is 12.4 Å². The molecular formula is C13H22N4O2. The lowest BCUT2D eigenvalue weighted by Crippen LogP contribution is -2.39. The second-order valence-corrected chi connectivity index (χ2v) is 5.07. The van der Waals surface area contributed by atoms with Gasteiger partial charge in [-0.25, -0.2) is 4.98 Å². The summed E-state index contributed by atoms with van der Waals surface area (Å²) in [6, 6.07) is 0. The molecule has 6 heteroatoms. The molecule has 0 bridgehead atoms. The summed E-state index contributed by atoms with van der Waals surface area (Å²) < 4.78 is 1.70. The Balaban J connectivity index is 1.64. The van der Waals surface area contributed by atoms with Crippen molar-refractivity contribution in [1.29, 1.82) is 0 Å². The third-order valence-corrected chi connectivity index (χ3v) is 3.44. The summed E-state index contributed by atoms with van der Waals surface area (Å²) >= 11 is 0. The minimum absolute atomic E-state index is 0.133. The molecule has 1 aliphatic heterocycles. The third kappa shape index (κ3) is 4.04. The van der Waals surface area contributed by atoms with Gasteiger partial charge in [0.25, 0.3) is 5.91 Å². The Morgan fingerprint density at radius 1 is 1.63 bits per heavy atom. The Morgan fingerprint density at radius 2 is 2.47 bits per heavy atom. The highest BCUT2D eigenvalue weighted by atomic mass is 16.3. The molecule has 1 aromatic rings. The van der Waals surface area contributed by atoms with Crippen LogP contribution in [0.15, 0.2) is 12.4 Å². The zero-order valence-corrected chi connectivity index (χ0v) is 11.4. The molecular weight excluding hydrogens is 244 g/mol. The van der Waals surface area contributed by atoms with Gasteiger partial charge in [0, 0.05) is 32.5 Å². The highest BCUT2D eigenvalue weighted by Crippen LogP contribution is 2.09. The van der Waals surface area contributed by atoms with E-state index < -0.39 is 0 Å². The fourth-order valence-electron chi connectivity index (χ4n) is 2.40. The molecule has 1 saturated heterocycles. The number of likely N-dealkylation sites (tertiary alicyclic amines) is 1. The van der Waals surface area contributed by atoms with Gasteiger partial charge < -0.3 is 19.9 Å². The minimum Gasteiger partial charge on any atom is -0.392 e. The summed E-state index contributed by atoms with van der Waals surface area (Å²) in [6.07, 6.45) is 6.04. The quantitative estimate of drug-likeness (QED) is 0.736. The van der Waals surface area contributed by atoms with E-state index in [2.05, 4.69) is 15.2 Å². The first kappa shape index (κ1) is 14.0. The van der Waals surface area contributed by atoms with Crippen LogP contribution in [0.25, 0.3) is 0 Å². The van der Waals surface area contributed by atoms with E-state index in [0.717, 1.165) is 38.9 Å². The number of nitrogens with zero attached hydrogens (tertiary/aromatic N) is 3. The second kappa shape index (κ2) is 6.68. The van der Waals surface area contributed by atoms with Crippen LogP contribution in [0.5, 0.6) is 0 Å². The molecule has 0 spiro atoms. The molecule has 2 rings (SSSR count). The topological polar surface area (TPSA) is 70.4 Å². The number of imidazole rings is 1. The van der Waals surface area contributed by atoms with Crippen molar-refractivity contribution in [2.24, 2.45) is 7.05 Å². The van der Waals surface area contributed by atoms with Gasteiger partial charge in [-0.1, -0.05) is 0 Å². The van der Waals surface area contributed by atoms with Crippen molar-refractivity contribution in [3.05, 3.63) is 18.2 Å². The van der Waals surface area contributed by atoms with E-state index in [1.165, 1.54) is 0 Å². The molecule has 1 fully saturated rings. The molecule has 2 N–H and O–H groups in total. The summed E-state index contributed by atoms with van der Waals surface area (Å²) in [5.74, 6) is 0.305. The van der Waals surface area contributed by atoms with Crippen molar-refractivity contribution in [1.82, 2.24) is 19.8 Å². The molecule has 0 radical (unpaired) electrons. The number of piperidine rings is 1. The van der Waals surface area contributed by atoms with Crippen LogP contribution < -0.4 is 5.32 Å². The molecule has 0 aliphatic carbocycles. The Bertz CT molecular complexity index is 419. The van der Waals surface area contributed by atoms with Gasteiger partial charge in [0.1, 0.15) is 0 Å². The van der Waals surface area contributed by atoms with Gasteiger partial charge >= 0.3 is 0 Å². The first-order valence-corrected chi connectivity index (χ1v) is 6.83. The number of rotatable bonds is 5. The molecule has 6 nitrogen and oxygen atoms in total. The molecule has 1 aromatic heterocycles. The molecule has 106 valence electrons. The molecule has 0 saturated carbocycles. The fraction of sp³-hybridized carbons (Fsp3) is 0.692. The van der Waals surface area contributed by atoms with Crippen LogP contribution in [-0.2, 0) is 7.05 Å². The predicted octanol–water partition coefficient (Wildman–Crippen LogP) is -0.00330. The monoisotopic (exact) mass is 266 g/mol. The summed E-state index contributed by atoms with van der Waals surface area (Å²) in [5.41, 5.74) is 0. The molecule has 2 heterocycles. The van der Waals surface area contributed by atoms with Gasteiger partial charge in [0.2, 0.25) is 0 Å². The standard InChI is InChI=1S/C13H22N4O2/c1-16-9-6-14-12(16)13(19)15-5-3-8-17-7-2-4-11(18)10-17/h6,9,11,18H,2-5,7-8,10H2,1H3,(H,15,19)/t11-/m1/s1. The number of carbonyl (C=O) groups excluding carboxylic acids is 1. The van der Waals surface area contributed by atoms with Crippen LogP contribution in [0, 0.1) is 0 Å². The second-order valence-electron chi connectivity index (χ2n) is 5.07. The first-order valence-electron chi connectivity index (χ1n) is 6.83. The Labute approximate surface area is 113 Å². The number of hydrogen-bond acceptors (Lipinski definition) is 4. The molecule has 1 aliphatic rings. The Hall–Kier alpha value is -1.40. The lowest BCUT2D eigenvalue weighted by atomic mass is 10.1. The van der Waals surface area contributed by atoms with Crippen LogP contribution in [0.3, 0.4) is 0 Å². The van der Waals surface area contributed by atoms with Crippen molar-refractivity contribution in [3.8, 4) is 0 Å². The van der Waals surface area contributed by atoms with E-state index in [1.807, 2.05) is 0 Å². The number of aliphatic hydroxyl groups is 1. The normalized spacial score (nSPS) is 20.4. The number of nitrogens with one attached hydrogen (secondary N) is 1. The van der Waals surface area contributed by atoms with E-state index in [9.17, 15) is 9.90 Å². The van der Waals surface area contributed by atoms with Gasteiger partial charge in [-0.05, 0) is 32.4 Å². The van der Waals surface area contributed by atoms with E-state index in [4.69, 9.17) is 0 Å². The van der Waals surface area contributed by atoms with Crippen molar-refractivity contribution in [2.45, 2.75) is 25.4 Å². The maximum absolute atomic E-state index is 11.8. The summed E-state index contributed by atoms with van der Waals surface area (Å²) in [6.45, 7) is 3.36. The van der Waals surface area contributed by atoms with Crippen LogP contribution in [0.2, 0.25) is 0 Å². The van der Waals surface area contributed by atoms with Crippen LogP contribution in [0.4, 0.5) is 0 Å². The maximum atomic E-state index is 11.8. The van der Waals surface area contributed by atoms with Crippen molar-refractivity contribution in [3.63, 3.8) is 0 Å². The molecule has 1 atom stereocenters. The Kier molecular flexibility index (Phi) is 4.93. The number of amides is 1. The lowest BCUT2D eigenvalue weighted by Gasteiger charge is -2.29. The average molecular weight is 266 g/mol. The van der Waals surface area contributed by atoms with Gasteiger partial charge in [0.15, 0.2) is 5.82 Å². The lowest BCUT2D eigenvalue weighted by molar-refractivity contribution is 0.0697. The Morgan fingerprint density at radius 3 is 3.16 bits per heavy atom. The van der Waals surface area contributed by atoms with Crippen molar-refractivity contribution < 1.29 is 9.90 Å². The average Bonchev–Trinajstić information content (AvgIpc) is 2.81. The van der Waals surface area contributed by atoms with Crippen LogP contribution in [-0.4, -0.2) is 57.7 Å². The van der Waals surface area contributed by atoms with E-state index >= 15 is 0 Å². The molecule has 0 aromatic carbocycles. The number of carbonyl (C=O) groups is 1. The van der Waals surface area contributed by atoms with Gasteiger partial charge in [-0.15, -0.1) is 0 Å². The van der Waals surface area contributed by atoms with Crippen molar-refractivity contribution in [2.75, 3.05) is 26.2 Å². The number of aryl methyl sites for hydroxylation is 1. The predicted molar refractivity (Wildman–Crippen MR) is 71.8 cm³/mol. The molecule has 19 heavy (non-hydrogen) atoms. The smallest absolute Gasteiger partial charge is 0.287 e. The van der Waals surface area contributed by atoms with E-state index in [1.54, 1.807) is 24.0 Å². The van der Waals surface area contributed by atoms with E-state index in [-0.39, 0.29) is 12.0 Å². The first-order chi connectivity index (χ1) is 9.16. The van der Waals surface area contributed by atoms with Crippen LogP contribution in [0.1, 0.15) is 29.9 Å². The summed E-state index contributed by atoms with van der Waals surface area (Å²) in [7, 11) is 1.80. The summed E-state index contributed by atoms with van der Waals surface area (Å²) in [5, 5.41) is 12.4. The van der Waals surface area contributed by atoms with Gasteiger partial charge in [-0.2, -0.15) is 0 Å². The number of aromatic nitrogens is 2. The zero-order chi connectivity index (χ0) is 13.7. The highest BCUT2D eigenvalue weighted by Gasteiger charge is 2.17. The third-order valence-electron chi connectivity index (χ3n) is 3.44. The maximum Gasteiger partial charge on any atom is 0.287 e. The zero-order valence-electron chi connectivity index (χ0n) is 11.4. The number of hydrogen-bond donors (Lipinski definition) is 2. The van der Waals surface area contributed by atoms with Gasteiger partial charge in [0.05, 0.1) is 6.10 Å². The highest BCUT2D eigenvalue weighted by molar-refractivity contribution is 5.90. The SMILES string of the molecule is Cn1ccnc1C(=O)NCCCN1CCC[C@@H](O)C1. The van der Waals surface area contributed by atoms with Crippen molar-refractivity contribution >= 4 is 5.91 Å². The molecule has 0 unspecified atom stereocenters. The van der Waals surface area contributed by atoms with Crippen LogP contribution >= 0.6 is 0 Å². The number of β-amino-alcohol motifs (C(OH)–C–C–N with tert-alkyl or cyclic N) is 1. The van der Waals surface area contributed by atoms with Gasteiger partial charge in [-0.3, -0.25) is 4.79 Å². The largest absolute Gasteiger partial charge is 0.392 e. The minimum atomic E-state index is -0.184. The summed E-state index contributed by atoms with van der Waals surface area (Å²) in [4.78, 5) is 18.0.